The number of benzene rings is 5. The summed E-state index contributed by atoms with van der Waals surface area (Å²) in [6, 6.07) is 36.0. The molecule has 1 aliphatic rings. The van der Waals surface area contributed by atoms with E-state index in [1.165, 1.54) is 22.3 Å². The summed E-state index contributed by atoms with van der Waals surface area (Å²) in [5.74, 6) is 1.56. The molecule has 4 nitrogen and oxygen atoms in total. The van der Waals surface area contributed by atoms with E-state index in [0.29, 0.717) is 0 Å². The Balaban J connectivity index is 1.66. The van der Waals surface area contributed by atoms with Crippen molar-refractivity contribution in [2.24, 2.45) is 0 Å². The molecule has 218 valence electrons. The van der Waals surface area contributed by atoms with Gasteiger partial charge in [-0.1, -0.05) is 106 Å². The zero-order valence-electron chi connectivity index (χ0n) is 25.1. The first-order chi connectivity index (χ1) is 20.9. The predicted molar refractivity (Wildman–Crippen MR) is 175 cm³/mol. The van der Waals surface area contributed by atoms with Gasteiger partial charge < -0.3 is 19.7 Å². The Kier molecular flexibility index (Phi) is 8.07. The lowest BCUT2D eigenvalue weighted by Crippen LogP contribution is -2.13. The molecule has 0 radical (unpaired) electrons. The van der Waals surface area contributed by atoms with Crippen molar-refractivity contribution in [1.82, 2.24) is 0 Å². The van der Waals surface area contributed by atoms with Crippen LogP contribution in [0.3, 0.4) is 0 Å². The van der Waals surface area contributed by atoms with E-state index < -0.39 is 0 Å². The number of fused-ring (bicyclic) bond motifs is 3. The van der Waals surface area contributed by atoms with Gasteiger partial charge in [0.2, 0.25) is 0 Å². The highest BCUT2D eigenvalue weighted by Gasteiger charge is 2.30. The lowest BCUT2D eigenvalue weighted by atomic mass is 9.80. The molecule has 2 N–H and O–H groups in total. The van der Waals surface area contributed by atoms with Crippen molar-refractivity contribution in [3.05, 3.63) is 120 Å². The Bertz CT molecular complexity index is 1750. The first-order valence-electron chi connectivity index (χ1n) is 15.0. The largest absolute Gasteiger partial charge is 0.491 e. The fourth-order valence-electron chi connectivity index (χ4n) is 6.23. The minimum atomic E-state index is -0.0892. The van der Waals surface area contributed by atoms with Gasteiger partial charge >= 0.3 is 0 Å². The van der Waals surface area contributed by atoms with E-state index >= 15 is 0 Å². The highest BCUT2D eigenvalue weighted by atomic mass is 16.5. The van der Waals surface area contributed by atoms with Crippen LogP contribution in [0, 0.1) is 0 Å². The Morgan fingerprint density at radius 1 is 0.605 bits per heavy atom. The number of aliphatic hydroxyl groups is 2. The summed E-state index contributed by atoms with van der Waals surface area (Å²) >= 11 is 0. The van der Waals surface area contributed by atoms with E-state index in [-0.39, 0.29) is 31.8 Å². The molecule has 0 spiro atoms. The molecule has 0 atom stereocenters. The van der Waals surface area contributed by atoms with Crippen molar-refractivity contribution in [1.29, 1.82) is 0 Å². The first-order valence-corrected chi connectivity index (χ1v) is 15.0. The molecular weight excluding hydrogens is 532 g/mol. The van der Waals surface area contributed by atoms with Gasteiger partial charge in [-0.3, -0.25) is 0 Å². The molecule has 0 aromatic heterocycles. The van der Waals surface area contributed by atoms with E-state index in [4.69, 9.17) is 9.47 Å². The minimum absolute atomic E-state index is 0.0480. The van der Waals surface area contributed by atoms with Crippen LogP contribution >= 0.6 is 0 Å². The van der Waals surface area contributed by atoms with Crippen LogP contribution < -0.4 is 9.47 Å². The molecule has 5 aromatic carbocycles. The third kappa shape index (κ3) is 5.56. The Labute approximate surface area is 254 Å². The van der Waals surface area contributed by atoms with Gasteiger partial charge in [0.15, 0.2) is 0 Å². The molecule has 0 saturated carbocycles. The Morgan fingerprint density at radius 2 is 1.28 bits per heavy atom. The van der Waals surface area contributed by atoms with Crippen molar-refractivity contribution in [2.75, 3.05) is 26.4 Å². The van der Waals surface area contributed by atoms with Crippen LogP contribution in [-0.4, -0.2) is 36.6 Å². The van der Waals surface area contributed by atoms with Crippen molar-refractivity contribution in [3.8, 4) is 56.0 Å². The second kappa shape index (κ2) is 12.1. The van der Waals surface area contributed by atoms with E-state index in [9.17, 15) is 10.2 Å². The van der Waals surface area contributed by atoms with Gasteiger partial charge in [0.1, 0.15) is 24.7 Å². The molecule has 0 bridgehead atoms. The van der Waals surface area contributed by atoms with Gasteiger partial charge in [0, 0.05) is 16.7 Å². The van der Waals surface area contributed by atoms with Gasteiger partial charge in [0.05, 0.1) is 13.2 Å². The summed E-state index contributed by atoms with van der Waals surface area (Å²) in [6.07, 6.45) is 0.793. The fourth-order valence-corrected chi connectivity index (χ4v) is 6.23. The molecule has 5 aromatic rings. The molecule has 0 aliphatic heterocycles. The number of hydrogen-bond acceptors (Lipinski definition) is 4. The summed E-state index contributed by atoms with van der Waals surface area (Å²) in [4.78, 5) is 0. The van der Waals surface area contributed by atoms with Crippen molar-refractivity contribution >= 4 is 0 Å². The van der Waals surface area contributed by atoms with Crippen LogP contribution in [0.1, 0.15) is 37.5 Å². The van der Waals surface area contributed by atoms with Gasteiger partial charge in [-0.2, -0.15) is 0 Å². The molecule has 4 heteroatoms. The maximum atomic E-state index is 9.82. The second-order valence-corrected chi connectivity index (χ2v) is 12.0. The van der Waals surface area contributed by atoms with E-state index in [0.717, 1.165) is 56.9 Å². The number of rotatable bonds is 9. The molecule has 43 heavy (non-hydrogen) atoms. The van der Waals surface area contributed by atoms with Crippen molar-refractivity contribution in [2.45, 2.75) is 32.6 Å². The predicted octanol–water partition coefficient (Wildman–Crippen LogP) is 8.30. The zero-order valence-corrected chi connectivity index (χ0v) is 25.1. The first kappa shape index (κ1) is 28.7. The molecule has 1 aliphatic carbocycles. The summed E-state index contributed by atoms with van der Waals surface area (Å²) < 4.78 is 12.5. The fraction of sp³-hybridized carbons (Fsp3) is 0.231. The van der Waals surface area contributed by atoms with Crippen LogP contribution in [0.5, 0.6) is 11.5 Å². The van der Waals surface area contributed by atoms with E-state index in [2.05, 4.69) is 99.6 Å². The smallest absolute Gasteiger partial charge is 0.135 e. The zero-order chi connectivity index (χ0) is 30.0. The maximum Gasteiger partial charge on any atom is 0.135 e. The third-order valence-electron chi connectivity index (χ3n) is 8.13. The number of ether oxygens (including phenoxy) is 2. The third-order valence-corrected chi connectivity index (χ3v) is 8.13. The van der Waals surface area contributed by atoms with Gasteiger partial charge in [-0.25, -0.2) is 0 Å². The van der Waals surface area contributed by atoms with Crippen LogP contribution in [0.2, 0.25) is 0 Å². The van der Waals surface area contributed by atoms with Gasteiger partial charge in [-0.15, -0.1) is 0 Å². The lowest BCUT2D eigenvalue weighted by molar-refractivity contribution is 0.202. The molecule has 0 saturated heterocycles. The minimum Gasteiger partial charge on any atom is -0.491 e. The van der Waals surface area contributed by atoms with Crippen molar-refractivity contribution < 1.29 is 19.7 Å². The van der Waals surface area contributed by atoms with Gasteiger partial charge in [-0.05, 0) is 74.5 Å². The topological polar surface area (TPSA) is 58.9 Å². The summed E-state index contributed by atoms with van der Waals surface area (Å²) in [5, 5.41) is 19.3. The standard InChI is InChI=1S/C39H38O4/c1-39(2,3)35-16-10-9-15-30(35)34-25-31(33-24-27-13-7-8-14-29(27)37(33)38(34)43-22-20-41)28-17-18-36(42-21-19-40)32(23-28)26-11-5-4-6-12-26/h4-18,23,25,40-41H,19-22,24H2,1-3H3. The number of hydrogen-bond donors (Lipinski definition) is 2. The molecule has 0 unspecified atom stereocenters. The Hall–Kier alpha value is -4.38. The van der Waals surface area contributed by atoms with Crippen LogP contribution in [0.25, 0.3) is 44.5 Å². The summed E-state index contributed by atoms with van der Waals surface area (Å²) in [5.41, 5.74) is 12.3. The van der Waals surface area contributed by atoms with E-state index in [1.54, 1.807) is 0 Å². The molecule has 0 fully saturated rings. The summed E-state index contributed by atoms with van der Waals surface area (Å²) in [6.45, 7) is 7.05. The molecule has 0 amide bonds. The van der Waals surface area contributed by atoms with Crippen molar-refractivity contribution in [3.63, 3.8) is 0 Å². The average molecular weight is 571 g/mol. The molecular formula is C39H38O4. The number of aliphatic hydroxyl groups excluding tert-OH is 2. The average Bonchev–Trinajstić information content (AvgIpc) is 3.42. The van der Waals surface area contributed by atoms with Crippen LogP contribution in [0.4, 0.5) is 0 Å². The SMILES string of the molecule is CC(C)(C)c1ccccc1-c1cc(-c2ccc(OCCO)c(-c3ccccc3)c2)c2c(c1OCCO)-c1ccccc1C2. The highest BCUT2D eigenvalue weighted by Crippen LogP contribution is 2.52. The lowest BCUT2D eigenvalue weighted by Gasteiger charge is -2.26. The maximum absolute atomic E-state index is 9.82. The normalized spacial score (nSPS) is 12.1. The highest BCUT2D eigenvalue weighted by molar-refractivity contribution is 5.96. The quantitative estimate of drug-likeness (QED) is 0.184. The molecule has 6 rings (SSSR count). The monoisotopic (exact) mass is 570 g/mol. The van der Waals surface area contributed by atoms with Crippen LogP contribution in [0.15, 0.2) is 103 Å². The van der Waals surface area contributed by atoms with Gasteiger partial charge in [0.25, 0.3) is 0 Å². The second-order valence-electron chi connectivity index (χ2n) is 12.0. The van der Waals surface area contributed by atoms with Crippen LogP contribution in [-0.2, 0) is 11.8 Å². The van der Waals surface area contributed by atoms with E-state index in [1.807, 2.05) is 24.3 Å². The molecule has 0 heterocycles. The summed E-state index contributed by atoms with van der Waals surface area (Å²) in [7, 11) is 0. The Morgan fingerprint density at radius 3 is 2.02 bits per heavy atom.